The first-order chi connectivity index (χ1) is 16.3. The van der Waals surface area contributed by atoms with Gasteiger partial charge in [-0.2, -0.15) is 5.10 Å². The summed E-state index contributed by atoms with van der Waals surface area (Å²) in [7, 11) is 0. The number of aliphatic hydroxyl groups excluding tert-OH is 1. The van der Waals surface area contributed by atoms with Gasteiger partial charge in [0.2, 0.25) is 0 Å². The molecule has 1 aliphatic heterocycles. The fraction of sp³-hybridized carbons (Fsp3) is 0.240. The summed E-state index contributed by atoms with van der Waals surface area (Å²) in [5, 5.41) is 14.7. The minimum atomic E-state index is -1.52. The van der Waals surface area contributed by atoms with E-state index in [1.54, 1.807) is 12.4 Å². The van der Waals surface area contributed by atoms with E-state index in [9.17, 15) is 18.3 Å². The van der Waals surface area contributed by atoms with Gasteiger partial charge in [0.15, 0.2) is 23.3 Å². The van der Waals surface area contributed by atoms with Crippen molar-refractivity contribution in [3.05, 3.63) is 94.3 Å². The second kappa shape index (κ2) is 8.57. The molecule has 0 saturated heterocycles. The van der Waals surface area contributed by atoms with Gasteiger partial charge in [0.05, 0.1) is 24.7 Å². The van der Waals surface area contributed by atoms with Crippen LogP contribution in [-0.2, 0) is 6.54 Å². The van der Waals surface area contributed by atoms with Crippen LogP contribution in [0.5, 0.6) is 0 Å². The van der Waals surface area contributed by atoms with E-state index < -0.39 is 29.5 Å². The Morgan fingerprint density at radius 2 is 1.82 bits per heavy atom. The van der Waals surface area contributed by atoms with Crippen LogP contribution in [-0.4, -0.2) is 35.5 Å². The zero-order valence-electron chi connectivity index (χ0n) is 18.6. The second-order valence-electron chi connectivity index (χ2n) is 8.55. The van der Waals surface area contributed by atoms with Crippen molar-refractivity contribution in [1.29, 1.82) is 0 Å². The summed E-state index contributed by atoms with van der Waals surface area (Å²) < 4.78 is 44.6. The van der Waals surface area contributed by atoms with Crippen molar-refractivity contribution in [3.8, 4) is 5.69 Å². The average Bonchev–Trinajstić information content (AvgIpc) is 3.41. The van der Waals surface area contributed by atoms with Gasteiger partial charge in [0, 0.05) is 17.8 Å². The van der Waals surface area contributed by atoms with E-state index in [1.807, 2.05) is 48.9 Å². The molecule has 0 radical (unpaired) electrons. The average molecular weight is 465 g/mol. The highest BCUT2D eigenvalue weighted by Gasteiger charge is 2.31. The van der Waals surface area contributed by atoms with Gasteiger partial charge in [-0.1, -0.05) is 12.1 Å². The number of aryl methyl sites for hydroxylation is 2. The Hall–Kier alpha value is -3.72. The molecule has 174 valence electrons. The first kappa shape index (κ1) is 22.1. The van der Waals surface area contributed by atoms with E-state index in [-0.39, 0.29) is 18.5 Å². The molecule has 4 aromatic rings. The zero-order chi connectivity index (χ0) is 24.0. The lowest BCUT2D eigenvalue weighted by Crippen LogP contribution is -2.29. The van der Waals surface area contributed by atoms with Crippen LogP contribution < -0.4 is 0 Å². The van der Waals surface area contributed by atoms with Crippen molar-refractivity contribution >= 4 is 12.2 Å². The number of halogens is 3. The predicted octanol–water partition coefficient (Wildman–Crippen LogP) is 4.56. The van der Waals surface area contributed by atoms with E-state index in [0.29, 0.717) is 11.6 Å². The molecule has 34 heavy (non-hydrogen) atoms. The summed E-state index contributed by atoms with van der Waals surface area (Å²) >= 11 is 0. The molecule has 0 fully saturated rings. The van der Waals surface area contributed by atoms with E-state index in [1.165, 1.54) is 4.68 Å². The second-order valence-corrected chi connectivity index (χ2v) is 8.55. The highest BCUT2D eigenvalue weighted by molar-refractivity contribution is 5.68. The minimum absolute atomic E-state index is 0.209. The number of hydrogen-bond acceptors (Lipinski definition) is 4. The minimum Gasteiger partial charge on any atom is -0.391 e. The van der Waals surface area contributed by atoms with Crippen LogP contribution in [0.4, 0.5) is 13.2 Å². The van der Waals surface area contributed by atoms with Crippen LogP contribution in [0.25, 0.3) is 17.8 Å². The van der Waals surface area contributed by atoms with Gasteiger partial charge in [0.1, 0.15) is 5.82 Å². The number of aromatic nitrogens is 5. The first-order valence-corrected chi connectivity index (χ1v) is 10.9. The van der Waals surface area contributed by atoms with Gasteiger partial charge < -0.3 is 9.67 Å². The molecular weight excluding hydrogens is 443 g/mol. The predicted molar refractivity (Wildman–Crippen MR) is 121 cm³/mol. The van der Waals surface area contributed by atoms with Gasteiger partial charge in [-0.25, -0.2) is 27.8 Å². The van der Waals surface area contributed by atoms with E-state index in [2.05, 4.69) is 15.1 Å². The Balaban J connectivity index is 1.43. The van der Waals surface area contributed by atoms with Crippen molar-refractivity contribution in [2.45, 2.75) is 38.8 Å². The van der Waals surface area contributed by atoms with Gasteiger partial charge in [-0.05, 0) is 67.3 Å². The third-order valence-electron chi connectivity index (χ3n) is 5.96. The number of benzene rings is 2. The molecule has 5 rings (SSSR count). The largest absolute Gasteiger partial charge is 0.391 e. The zero-order valence-corrected chi connectivity index (χ0v) is 18.6. The number of fused-ring (bicyclic) bond motifs is 1. The van der Waals surface area contributed by atoms with Crippen LogP contribution in [0.1, 0.15) is 46.4 Å². The maximum atomic E-state index is 13.8. The molecule has 6 nitrogen and oxygen atoms in total. The normalized spacial score (nSPS) is 17.9. The Morgan fingerprint density at radius 1 is 1.06 bits per heavy atom. The molecule has 0 saturated carbocycles. The van der Waals surface area contributed by atoms with Gasteiger partial charge in [0.25, 0.3) is 0 Å². The van der Waals surface area contributed by atoms with E-state index in [4.69, 9.17) is 0 Å². The topological polar surface area (TPSA) is 68.8 Å². The standard InChI is InChI=1S/C25H22F3N5O/c1-14-7-16(3-5-22(14)32-11-15(2)29-13-32)4-6-23-30-25-19(10-18(34)12-33(25)31-23)17-8-20(26)24(28)21(27)9-17/h3-9,11,13,18-19,34H,10,12H2,1-2H3/b6-4+/t18-,19-/m1/s1. The smallest absolute Gasteiger partial charge is 0.194 e. The molecule has 0 spiro atoms. The molecule has 2 aromatic carbocycles. The molecule has 2 atom stereocenters. The highest BCUT2D eigenvalue weighted by Crippen LogP contribution is 2.34. The third-order valence-corrected chi connectivity index (χ3v) is 5.96. The molecule has 0 amide bonds. The molecule has 1 N–H and O–H groups in total. The number of aliphatic hydroxyl groups is 1. The van der Waals surface area contributed by atoms with Crippen molar-refractivity contribution in [2.75, 3.05) is 0 Å². The van der Waals surface area contributed by atoms with Crippen molar-refractivity contribution < 1.29 is 18.3 Å². The number of imidazole rings is 1. The molecule has 0 unspecified atom stereocenters. The van der Waals surface area contributed by atoms with Gasteiger partial charge >= 0.3 is 0 Å². The summed E-state index contributed by atoms with van der Waals surface area (Å²) in [6.45, 7) is 4.17. The highest BCUT2D eigenvalue weighted by atomic mass is 19.2. The van der Waals surface area contributed by atoms with Crippen LogP contribution in [0.15, 0.2) is 42.9 Å². The maximum absolute atomic E-state index is 13.8. The summed E-state index contributed by atoms with van der Waals surface area (Å²) in [6, 6.07) is 7.91. The lowest BCUT2D eigenvalue weighted by Gasteiger charge is -2.26. The number of hydrogen-bond donors (Lipinski definition) is 1. The van der Waals surface area contributed by atoms with Crippen LogP contribution in [0.2, 0.25) is 0 Å². The SMILES string of the molecule is Cc1cn(-c2ccc(/C=C/c3nc4n(n3)C[C@H](O)C[C@@H]4c3cc(F)c(F)c(F)c3)cc2C)cn1. The quantitative estimate of drug-likeness (QED) is 0.449. The Kier molecular flexibility index (Phi) is 5.57. The van der Waals surface area contributed by atoms with E-state index >= 15 is 0 Å². The van der Waals surface area contributed by atoms with Crippen LogP contribution in [0.3, 0.4) is 0 Å². The Morgan fingerprint density at radius 3 is 2.50 bits per heavy atom. The maximum Gasteiger partial charge on any atom is 0.194 e. The lowest BCUT2D eigenvalue weighted by atomic mass is 9.89. The molecule has 2 aromatic heterocycles. The summed E-state index contributed by atoms with van der Waals surface area (Å²) in [4.78, 5) is 8.80. The van der Waals surface area contributed by atoms with Crippen molar-refractivity contribution in [1.82, 2.24) is 24.3 Å². The molecule has 1 aliphatic rings. The third kappa shape index (κ3) is 4.14. The van der Waals surface area contributed by atoms with Crippen molar-refractivity contribution in [2.24, 2.45) is 0 Å². The molecule has 0 aliphatic carbocycles. The van der Waals surface area contributed by atoms with Gasteiger partial charge in [-0.3, -0.25) is 0 Å². The first-order valence-electron chi connectivity index (χ1n) is 10.9. The Bertz CT molecular complexity index is 1380. The molecule has 9 heteroatoms. The summed E-state index contributed by atoms with van der Waals surface area (Å²) in [5.41, 5.74) is 4.20. The van der Waals surface area contributed by atoms with Crippen LogP contribution >= 0.6 is 0 Å². The number of rotatable bonds is 4. The fourth-order valence-corrected chi connectivity index (χ4v) is 4.34. The molecule has 3 heterocycles. The van der Waals surface area contributed by atoms with Gasteiger partial charge in [-0.15, -0.1) is 0 Å². The van der Waals surface area contributed by atoms with E-state index in [0.717, 1.165) is 34.6 Å². The fourth-order valence-electron chi connectivity index (χ4n) is 4.34. The monoisotopic (exact) mass is 465 g/mol. The summed E-state index contributed by atoms with van der Waals surface area (Å²) in [5.74, 6) is -3.80. The molecule has 0 bridgehead atoms. The summed E-state index contributed by atoms with van der Waals surface area (Å²) in [6.07, 6.45) is 6.79. The lowest BCUT2D eigenvalue weighted by molar-refractivity contribution is 0.117. The van der Waals surface area contributed by atoms with Crippen molar-refractivity contribution in [3.63, 3.8) is 0 Å². The molecular formula is C25H22F3N5O. The Labute approximate surface area is 194 Å². The van der Waals surface area contributed by atoms with Crippen LogP contribution in [0, 0.1) is 31.3 Å². The number of nitrogens with zero attached hydrogens (tertiary/aromatic N) is 5.